The molecule has 20 heavy (non-hydrogen) atoms. The molecule has 0 aromatic heterocycles. The maximum absolute atomic E-state index is 11.6. The highest BCUT2D eigenvalue weighted by atomic mass is 16.1. The van der Waals surface area contributed by atoms with Crippen LogP contribution in [0.25, 0.3) is 11.1 Å². The van der Waals surface area contributed by atoms with E-state index in [0.717, 1.165) is 13.0 Å². The molecule has 0 amide bonds. The zero-order valence-electron chi connectivity index (χ0n) is 12.1. The smallest absolute Gasteiger partial charge is 0.147 e. The van der Waals surface area contributed by atoms with Crippen LogP contribution in [0.4, 0.5) is 0 Å². The van der Waals surface area contributed by atoms with Crippen LogP contribution in [0.15, 0.2) is 54.6 Å². The lowest BCUT2D eigenvalue weighted by molar-refractivity contribution is -0.118. The van der Waals surface area contributed by atoms with Gasteiger partial charge in [0.2, 0.25) is 0 Å². The van der Waals surface area contributed by atoms with Crippen LogP contribution in [0.2, 0.25) is 0 Å². The lowest BCUT2D eigenvalue weighted by Crippen LogP contribution is -2.37. The average Bonchev–Trinajstić information content (AvgIpc) is 2.48. The number of hydrogen-bond acceptors (Lipinski definition) is 2. The van der Waals surface area contributed by atoms with E-state index in [0.29, 0.717) is 0 Å². The van der Waals surface area contributed by atoms with E-state index in [-0.39, 0.29) is 11.8 Å². The largest absolute Gasteiger partial charge is 0.307 e. The van der Waals surface area contributed by atoms with Gasteiger partial charge in [0.05, 0.1) is 6.04 Å². The first-order chi connectivity index (χ1) is 9.70. The average molecular weight is 267 g/mol. The van der Waals surface area contributed by atoms with Crippen LogP contribution in [0.5, 0.6) is 0 Å². The molecule has 2 nitrogen and oxygen atoms in total. The number of likely N-dealkylation sites (N-methyl/N-ethyl adjacent to an activating group) is 1. The van der Waals surface area contributed by atoms with Gasteiger partial charge in [-0.1, -0.05) is 61.5 Å². The Kier molecular flexibility index (Phi) is 5.08. The maximum Gasteiger partial charge on any atom is 0.147 e. The Bertz CT molecular complexity index is 545. The van der Waals surface area contributed by atoms with Crippen molar-refractivity contribution in [3.05, 3.63) is 60.2 Å². The van der Waals surface area contributed by atoms with Crippen molar-refractivity contribution in [3.63, 3.8) is 0 Å². The third-order valence-electron chi connectivity index (χ3n) is 3.44. The van der Waals surface area contributed by atoms with Crippen molar-refractivity contribution in [1.82, 2.24) is 5.32 Å². The van der Waals surface area contributed by atoms with Crippen LogP contribution in [-0.4, -0.2) is 18.4 Å². The van der Waals surface area contributed by atoms with E-state index >= 15 is 0 Å². The van der Waals surface area contributed by atoms with Gasteiger partial charge in [0.1, 0.15) is 5.78 Å². The quantitative estimate of drug-likeness (QED) is 0.868. The van der Waals surface area contributed by atoms with Crippen LogP contribution < -0.4 is 5.32 Å². The Balaban J connectivity index is 2.10. The molecule has 0 aliphatic carbocycles. The fourth-order valence-electron chi connectivity index (χ4n) is 2.31. The van der Waals surface area contributed by atoms with E-state index in [2.05, 4.69) is 41.7 Å². The molecule has 2 aromatic rings. The normalized spacial score (nSPS) is 12.1. The van der Waals surface area contributed by atoms with Crippen molar-refractivity contribution in [3.8, 4) is 11.1 Å². The highest BCUT2D eigenvalue weighted by molar-refractivity contribution is 5.81. The summed E-state index contributed by atoms with van der Waals surface area (Å²) in [5.74, 6) is 0.194. The fourth-order valence-corrected chi connectivity index (χ4v) is 2.31. The first-order valence-corrected chi connectivity index (χ1v) is 7.09. The van der Waals surface area contributed by atoms with E-state index in [4.69, 9.17) is 0 Å². The number of benzene rings is 2. The van der Waals surface area contributed by atoms with Gasteiger partial charge in [-0.3, -0.25) is 4.79 Å². The predicted octanol–water partition coefficient (Wildman–Crippen LogP) is 3.46. The molecular weight excluding hydrogens is 246 g/mol. The molecular formula is C18H21NO. The van der Waals surface area contributed by atoms with Crippen molar-refractivity contribution in [2.75, 3.05) is 6.54 Å². The molecule has 2 heteroatoms. The topological polar surface area (TPSA) is 29.1 Å². The Morgan fingerprint density at radius 3 is 2.15 bits per heavy atom. The van der Waals surface area contributed by atoms with Crippen LogP contribution in [-0.2, 0) is 11.2 Å². The standard InChI is InChI=1S/C18H21NO/c1-3-19-18(14(2)20)13-15-9-11-17(12-10-15)16-7-5-4-6-8-16/h4-12,18-19H,3,13H2,1-2H3/t18-/m0/s1. The molecule has 0 bridgehead atoms. The summed E-state index contributed by atoms with van der Waals surface area (Å²) in [6, 6.07) is 18.7. The number of ketones is 1. The highest BCUT2D eigenvalue weighted by Gasteiger charge is 2.13. The summed E-state index contributed by atoms with van der Waals surface area (Å²) in [5, 5.41) is 3.23. The molecule has 0 unspecified atom stereocenters. The molecule has 2 rings (SSSR count). The summed E-state index contributed by atoms with van der Waals surface area (Å²) in [6.07, 6.45) is 0.748. The third kappa shape index (κ3) is 3.78. The molecule has 0 radical (unpaired) electrons. The first kappa shape index (κ1) is 14.5. The van der Waals surface area contributed by atoms with Crippen LogP contribution in [0.3, 0.4) is 0 Å². The summed E-state index contributed by atoms with van der Waals surface area (Å²) < 4.78 is 0. The van der Waals surface area contributed by atoms with Crippen molar-refractivity contribution in [1.29, 1.82) is 0 Å². The lowest BCUT2D eigenvalue weighted by Gasteiger charge is -2.14. The zero-order chi connectivity index (χ0) is 14.4. The number of hydrogen-bond donors (Lipinski definition) is 1. The SMILES string of the molecule is CCN[C@@H](Cc1ccc(-c2ccccc2)cc1)C(C)=O. The highest BCUT2D eigenvalue weighted by Crippen LogP contribution is 2.19. The number of carbonyl (C=O) groups excluding carboxylic acids is 1. The van der Waals surface area contributed by atoms with Gasteiger partial charge in [0.25, 0.3) is 0 Å². The minimum Gasteiger partial charge on any atom is -0.307 e. The second-order valence-corrected chi connectivity index (χ2v) is 4.99. The van der Waals surface area contributed by atoms with E-state index in [9.17, 15) is 4.79 Å². The summed E-state index contributed by atoms with van der Waals surface area (Å²) in [5.41, 5.74) is 3.61. The van der Waals surface area contributed by atoms with Gasteiger partial charge in [-0.15, -0.1) is 0 Å². The van der Waals surface area contributed by atoms with E-state index in [1.807, 2.05) is 25.1 Å². The summed E-state index contributed by atoms with van der Waals surface area (Å²) >= 11 is 0. The van der Waals surface area contributed by atoms with Gasteiger partial charge in [-0.25, -0.2) is 0 Å². The molecule has 0 saturated heterocycles. The monoisotopic (exact) mass is 267 g/mol. The van der Waals surface area contributed by atoms with Crippen molar-refractivity contribution < 1.29 is 4.79 Å². The molecule has 0 heterocycles. The minimum atomic E-state index is -0.0809. The Hall–Kier alpha value is -1.93. The maximum atomic E-state index is 11.6. The van der Waals surface area contributed by atoms with Gasteiger partial charge in [0, 0.05) is 0 Å². The molecule has 1 atom stereocenters. The summed E-state index contributed by atoms with van der Waals surface area (Å²) in [6.45, 7) is 4.48. The van der Waals surface area contributed by atoms with Gasteiger partial charge < -0.3 is 5.32 Å². The molecule has 0 saturated carbocycles. The van der Waals surface area contributed by atoms with Crippen LogP contribution in [0, 0.1) is 0 Å². The van der Waals surface area contributed by atoms with E-state index in [1.54, 1.807) is 6.92 Å². The number of carbonyl (C=O) groups is 1. The molecule has 0 aliphatic heterocycles. The molecule has 0 aliphatic rings. The molecule has 104 valence electrons. The first-order valence-electron chi connectivity index (χ1n) is 7.09. The van der Waals surface area contributed by atoms with Gasteiger partial charge in [-0.05, 0) is 36.6 Å². The summed E-state index contributed by atoms with van der Waals surface area (Å²) in [7, 11) is 0. The third-order valence-corrected chi connectivity index (χ3v) is 3.44. The number of nitrogens with one attached hydrogen (secondary N) is 1. The molecule has 1 N–H and O–H groups in total. The summed E-state index contributed by atoms with van der Waals surface area (Å²) in [4.78, 5) is 11.6. The zero-order valence-corrected chi connectivity index (χ0v) is 12.1. The Labute approximate surface area is 120 Å². The second kappa shape index (κ2) is 7.01. The van der Waals surface area contributed by atoms with Crippen molar-refractivity contribution >= 4 is 5.78 Å². The predicted molar refractivity (Wildman–Crippen MR) is 83.7 cm³/mol. The molecule has 2 aromatic carbocycles. The number of rotatable bonds is 6. The van der Waals surface area contributed by atoms with Gasteiger partial charge >= 0.3 is 0 Å². The second-order valence-electron chi connectivity index (χ2n) is 4.99. The fraction of sp³-hybridized carbons (Fsp3) is 0.278. The van der Waals surface area contributed by atoms with Gasteiger partial charge in [0.15, 0.2) is 0 Å². The minimum absolute atomic E-state index is 0.0809. The Morgan fingerprint density at radius 2 is 1.60 bits per heavy atom. The van der Waals surface area contributed by atoms with Crippen LogP contribution in [0.1, 0.15) is 19.4 Å². The van der Waals surface area contributed by atoms with Gasteiger partial charge in [-0.2, -0.15) is 0 Å². The Morgan fingerprint density at radius 1 is 1.00 bits per heavy atom. The van der Waals surface area contributed by atoms with Crippen molar-refractivity contribution in [2.24, 2.45) is 0 Å². The number of Topliss-reactive ketones (excluding diaryl/α,β-unsaturated/α-hetero) is 1. The van der Waals surface area contributed by atoms with Crippen molar-refractivity contribution in [2.45, 2.75) is 26.3 Å². The van der Waals surface area contributed by atoms with E-state index in [1.165, 1.54) is 16.7 Å². The van der Waals surface area contributed by atoms with E-state index < -0.39 is 0 Å². The molecule has 0 fully saturated rings. The van der Waals surface area contributed by atoms with Crippen LogP contribution >= 0.6 is 0 Å². The molecule has 0 spiro atoms. The lowest BCUT2D eigenvalue weighted by atomic mass is 9.99.